The number of fused-ring (bicyclic) bond motifs is 1. The number of sulfonamides is 1. The Bertz CT molecular complexity index is 717. The van der Waals surface area contributed by atoms with E-state index in [0.717, 1.165) is 36.5 Å². The Morgan fingerprint density at radius 3 is 2.75 bits per heavy atom. The van der Waals surface area contributed by atoms with Crippen LogP contribution in [0, 0.1) is 0 Å². The molecule has 2 heterocycles. The van der Waals surface area contributed by atoms with Gasteiger partial charge in [-0.15, -0.1) is 0 Å². The van der Waals surface area contributed by atoms with Crippen molar-refractivity contribution in [3.63, 3.8) is 0 Å². The second kappa shape index (κ2) is 4.94. The summed E-state index contributed by atoms with van der Waals surface area (Å²) in [6.07, 6.45) is 4.07. The number of aryl methyl sites for hydroxylation is 1. The molecule has 1 aromatic heterocycles. The normalized spacial score (nSPS) is 14.2. The van der Waals surface area contributed by atoms with Gasteiger partial charge in [0.05, 0.1) is 17.6 Å². The fourth-order valence-corrected chi connectivity index (χ4v) is 3.09. The Morgan fingerprint density at radius 2 is 2.05 bits per heavy atom. The highest BCUT2D eigenvalue weighted by Crippen LogP contribution is 2.26. The van der Waals surface area contributed by atoms with E-state index >= 15 is 0 Å². The molecule has 0 bridgehead atoms. The van der Waals surface area contributed by atoms with E-state index in [0.29, 0.717) is 5.69 Å². The lowest BCUT2D eigenvalue weighted by atomic mass is 10.1. The first kappa shape index (κ1) is 13.2. The lowest BCUT2D eigenvalue weighted by Crippen LogP contribution is -2.14. The van der Waals surface area contributed by atoms with Crippen LogP contribution in [0.1, 0.15) is 19.2 Å². The molecular weight excluding hydrogens is 274 g/mol. The molecule has 0 radical (unpaired) electrons. The van der Waals surface area contributed by atoms with Crippen molar-refractivity contribution in [2.75, 3.05) is 10.5 Å². The summed E-state index contributed by atoms with van der Waals surface area (Å²) in [5.74, 6) is 1.21. The van der Waals surface area contributed by atoms with Gasteiger partial charge in [-0.05, 0) is 31.0 Å². The van der Waals surface area contributed by atoms with Gasteiger partial charge in [0.25, 0.3) is 0 Å². The van der Waals surface area contributed by atoms with Gasteiger partial charge in [0.1, 0.15) is 5.82 Å². The molecule has 5 nitrogen and oxygen atoms in total. The molecule has 0 atom stereocenters. The summed E-state index contributed by atoms with van der Waals surface area (Å²) in [4.78, 5) is 4.42. The summed E-state index contributed by atoms with van der Waals surface area (Å²) in [7, 11) is -3.22. The Hall–Kier alpha value is -1.82. The van der Waals surface area contributed by atoms with Crippen molar-refractivity contribution in [3.8, 4) is 11.3 Å². The van der Waals surface area contributed by atoms with Crippen molar-refractivity contribution in [1.82, 2.24) is 9.55 Å². The van der Waals surface area contributed by atoms with Crippen molar-refractivity contribution in [2.45, 2.75) is 26.3 Å². The maximum absolute atomic E-state index is 11.5. The van der Waals surface area contributed by atoms with Crippen LogP contribution in [0.25, 0.3) is 11.3 Å². The summed E-state index contributed by atoms with van der Waals surface area (Å²) in [5.41, 5.74) is 2.75. The van der Waals surface area contributed by atoms with E-state index in [2.05, 4.69) is 14.3 Å². The van der Waals surface area contributed by atoms with Crippen LogP contribution in [0.5, 0.6) is 0 Å². The third-order valence-corrected chi connectivity index (χ3v) is 4.86. The average Bonchev–Trinajstić information content (AvgIpc) is 3.02. The first-order valence-electron chi connectivity index (χ1n) is 6.74. The molecule has 0 aliphatic carbocycles. The molecule has 0 spiro atoms. The summed E-state index contributed by atoms with van der Waals surface area (Å²) < 4.78 is 27.8. The Morgan fingerprint density at radius 1 is 1.30 bits per heavy atom. The van der Waals surface area contributed by atoms with Crippen molar-refractivity contribution in [1.29, 1.82) is 0 Å². The van der Waals surface area contributed by atoms with Gasteiger partial charge in [0.2, 0.25) is 10.0 Å². The second-order valence-corrected chi connectivity index (χ2v) is 6.91. The van der Waals surface area contributed by atoms with Crippen LogP contribution >= 0.6 is 0 Å². The fourth-order valence-electron chi connectivity index (χ4n) is 2.45. The Kier molecular flexibility index (Phi) is 3.25. The summed E-state index contributed by atoms with van der Waals surface area (Å²) in [6, 6.07) is 7.43. The highest BCUT2D eigenvalue weighted by atomic mass is 32.2. The number of hydrogen-bond donors (Lipinski definition) is 1. The van der Waals surface area contributed by atoms with E-state index in [9.17, 15) is 8.42 Å². The molecule has 1 aliphatic rings. The number of nitrogens with zero attached hydrogens (tertiary/aromatic N) is 2. The van der Waals surface area contributed by atoms with Gasteiger partial charge < -0.3 is 4.57 Å². The molecule has 0 unspecified atom stereocenters. The summed E-state index contributed by atoms with van der Waals surface area (Å²) in [6.45, 7) is 2.63. The predicted octanol–water partition coefficient (Wildman–Crippen LogP) is 2.26. The van der Waals surface area contributed by atoms with Crippen LogP contribution in [0.15, 0.2) is 30.5 Å². The molecule has 20 heavy (non-hydrogen) atoms. The minimum absolute atomic E-state index is 0.0743. The fraction of sp³-hybridized carbons (Fsp3) is 0.357. The number of rotatable bonds is 4. The highest BCUT2D eigenvalue weighted by molar-refractivity contribution is 7.92. The van der Waals surface area contributed by atoms with Gasteiger partial charge in [-0.25, -0.2) is 13.4 Å². The monoisotopic (exact) mass is 291 g/mol. The summed E-state index contributed by atoms with van der Waals surface area (Å²) >= 11 is 0. The van der Waals surface area contributed by atoms with Crippen LogP contribution in [-0.4, -0.2) is 23.7 Å². The lowest BCUT2D eigenvalue weighted by molar-refractivity contribution is 0.602. The highest BCUT2D eigenvalue weighted by Gasteiger charge is 2.16. The van der Waals surface area contributed by atoms with Crippen LogP contribution in [0.4, 0.5) is 5.69 Å². The molecule has 1 N–H and O–H groups in total. The predicted molar refractivity (Wildman–Crippen MR) is 79.1 cm³/mol. The zero-order chi connectivity index (χ0) is 14.2. The zero-order valence-electron chi connectivity index (χ0n) is 11.3. The Balaban J connectivity index is 1.86. The largest absolute Gasteiger partial charge is 0.328 e. The topological polar surface area (TPSA) is 64.0 Å². The average molecular weight is 291 g/mol. The standard InChI is InChI=1S/C14H17N3O2S/c1-2-20(18,19)16-12-7-5-11(6-8-12)13-10-15-14-4-3-9-17(13)14/h5-8,10,16H,2-4,9H2,1H3. The maximum atomic E-state index is 11.5. The number of hydrogen-bond acceptors (Lipinski definition) is 3. The molecule has 106 valence electrons. The molecule has 1 aliphatic heterocycles. The van der Waals surface area contributed by atoms with Gasteiger partial charge >= 0.3 is 0 Å². The van der Waals surface area contributed by atoms with Gasteiger partial charge in [-0.2, -0.15) is 0 Å². The van der Waals surface area contributed by atoms with E-state index in [4.69, 9.17) is 0 Å². The second-order valence-electron chi connectivity index (χ2n) is 4.90. The van der Waals surface area contributed by atoms with Gasteiger partial charge in [-0.1, -0.05) is 12.1 Å². The SMILES string of the molecule is CCS(=O)(=O)Nc1ccc(-c2cnc3n2CCC3)cc1. The maximum Gasteiger partial charge on any atom is 0.232 e. The third kappa shape index (κ3) is 2.43. The quantitative estimate of drug-likeness (QED) is 0.939. The minimum atomic E-state index is -3.22. The van der Waals surface area contributed by atoms with Crippen LogP contribution in [0.2, 0.25) is 0 Å². The van der Waals surface area contributed by atoms with Gasteiger partial charge in [0, 0.05) is 18.7 Å². The van der Waals surface area contributed by atoms with Crippen molar-refractivity contribution >= 4 is 15.7 Å². The molecule has 0 amide bonds. The first-order valence-corrected chi connectivity index (χ1v) is 8.39. The van der Waals surface area contributed by atoms with E-state index in [-0.39, 0.29) is 5.75 Å². The molecule has 2 aromatic rings. The molecule has 0 saturated heterocycles. The summed E-state index contributed by atoms with van der Waals surface area (Å²) in [5, 5.41) is 0. The molecule has 0 fully saturated rings. The van der Waals surface area contributed by atoms with E-state index in [1.165, 1.54) is 0 Å². The number of imidazole rings is 1. The van der Waals surface area contributed by atoms with Crippen molar-refractivity contribution in [2.24, 2.45) is 0 Å². The number of aromatic nitrogens is 2. The van der Waals surface area contributed by atoms with Gasteiger partial charge in [0.15, 0.2) is 0 Å². The number of anilines is 1. The third-order valence-electron chi connectivity index (χ3n) is 3.55. The van der Waals surface area contributed by atoms with E-state index < -0.39 is 10.0 Å². The van der Waals surface area contributed by atoms with Crippen LogP contribution < -0.4 is 4.72 Å². The van der Waals surface area contributed by atoms with Crippen LogP contribution in [-0.2, 0) is 23.0 Å². The Labute approximate surface area is 118 Å². The molecule has 1 aromatic carbocycles. The van der Waals surface area contributed by atoms with Crippen LogP contribution in [0.3, 0.4) is 0 Å². The smallest absolute Gasteiger partial charge is 0.232 e. The van der Waals surface area contributed by atoms with Gasteiger partial charge in [-0.3, -0.25) is 4.72 Å². The van der Waals surface area contributed by atoms with E-state index in [1.807, 2.05) is 18.3 Å². The number of nitrogens with one attached hydrogen (secondary N) is 1. The first-order chi connectivity index (χ1) is 9.59. The van der Waals surface area contributed by atoms with Crippen molar-refractivity contribution < 1.29 is 8.42 Å². The lowest BCUT2D eigenvalue weighted by Gasteiger charge is -2.08. The molecule has 6 heteroatoms. The van der Waals surface area contributed by atoms with E-state index in [1.54, 1.807) is 19.1 Å². The molecule has 3 rings (SSSR count). The number of benzene rings is 1. The van der Waals surface area contributed by atoms with Crippen molar-refractivity contribution in [3.05, 3.63) is 36.3 Å². The molecular formula is C14H17N3O2S. The zero-order valence-corrected chi connectivity index (χ0v) is 12.2. The minimum Gasteiger partial charge on any atom is -0.328 e. The molecule has 0 saturated carbocycles.